The van der Waals surface area contributed by atoms with Crippen molar-refractivity contribution in [3.8, 4) is 0 Å². The van der Waals surface area contributed by atoms with Gasteiger partial charge in [0.05, 0.1) is 12.6 Å². The van der Waals surface area contributed by atoms with Gasteiger partial charge in [-0.15, -0.1) is 0 Å². The number of nitrogens with zero attached hydrogens (tertiary/aromatic N) is 3. The molecule has 1 aliphatic heterocycles. The minimum atomic E-state index is 0.465. The van der Waals surface area contributed by atoms with E-state index in [1.807, 2.05) is 12.3 Å². The zero-order valence-electron chi connectivity index (χ0n) is 11.2. The van der Waals surface area contributed by atoms with E-state index in [-0.39, 0.29) is 0 Å². The van der Waals surface area contributed by atoms with Crippen LogP contribution in [0, 0.1) is 5.92 Å². The van der Waals surface area contributed by atoms with Gasteiger partial charge in [-0.05, 0) is 24.0 Å². The number of guanidine groups is 1. The molecule has 4 nitrogen and oxygen atoms in total. The van der Waals surface area contributed by atoms with E-state index in [2.05, 4.69) is 34.8 Å². The van der Waals surface area contributed by atoms with Crippen LogP contribution in [0.15, 0.2) is 29.5 Å². The van der Waals surface area contributed by atoms with Crippen LogP contribution in [0.5, 0.6) is 0 Å². The van der Waals surface area contributed by atoms with Crippen molar-refractivity contribution in [1.29, 1.82) is 0 Å². The lowest BCUT2D eigenvalue weighted by Crippen LogP contribution is -2.44. The minimum absolute atomic E-state index is 0.465. The fourth-order valence-electron chi connectivity index (χ4n) is 2.38. The summed E-state index contributed by atoms with van der Waals surface area (Å²) in [4.78, 5) is 10.8. The number of hydrogen-bond acceptors (Lipinski definition) is 4. The second-order valence-electron chi connectivity index (χ2n) is 4.96. The average molecular weight is 246 g/mol. The molecule has 18 heavy (non-hydrogen) atoms. The van der Waals surface area contributed by atoms with Gasteiger partial charge in [-0.25, -0.2) is 0 Å². The summed E-state index contributed by atoms with van der Waals surface area (Å²) in [5.41, 5.74) is 7.24. The lowest BCUT2D eigenvalue weighted by Gasteiger charge is -2.30. The van der Waals surface area contributed by atoms with Gasteiger partial charge in [0.25, 0.3) is 0 Å². The smallest absolute Gasteiger partial charge is 0.191 e. The van der Waals surface area contributed by atoms with Crippen LogP contribution in [-0.4, -0.2) is 35.0 Å². The van der Waals surface area contributed by atoms with Crippen LogP contribution < -0.4 is 5.73 Å². The molecule has 0 amide bonds. The van der Waals surface area contributed by atoms with Gasteiger partial charge in [-0.3, -0.25) is 9.98 Å². The summed E-state index contributed by atoms with van der Waals surface area (Å²) < 4.78 is 0. The van der Waals surface area contributed by atoms with Gasteiger partial charge in [0.1, 0.15) is 0 Å². The van der Waals surface area contributed by atoms with Crippen molar-refractivity contribution in [2.75, 3.05) is 13.1 Å². The molecule has 0 radical (unpaired) electrons. The van der Waals surface area contributed by atoms with E-state index >= 15 is 0 Å². The summed E-state index contributed by atoms with van der Waals surface area (Å²) in [5.74, 6) is 1.33. The molecule has 0 saturated heterocycles. The predicted octanol–water partition coefficient (Wildman–Crippen LogP) is 1.67. The van der Waals surface area contributed by atoms with Crippen LogP contribution in [0.4, 0.5) is 0 Å². The largest absolute Gasteiger partial charge is 0.370 e. The van der Waals surface area contributed by atoms with Crippen molar-refractivity contribution in [1.82, 2.24) is 9.88 Å². The highest BCUT2D eigenvalue weighted by atomic mass is 15.3. The van der Waals surface area contributed by atoms with Crippen molar-refractivity contribution < 1.29 is 0 Å². The standard InChI is InChI=1S/C14H22N4/c1-3-11(2)13-10-17-14(15)18(13)8-6-12-5-4-7-16-9-12/h4-5,7,9,11,13H,3,6,8,10H2,1-2H3,(H2,15,17)/t11-,13-/m1/s1. The summed E-state index contributed by atoms with van der Waals surface area (Å²) >= 11 is 0. The Kier molecular flexibility index (Phi) is 4.18. The number of pyridine rings is 1. The molecule has 4 heteroatoms. The van der Waals surface area contributed by atoms with Crippen LogP contribution in [0.2, 0.25) is 0 Å². The Hall–Kier alpha value is -1.58. The van der Waals surface area contributed by atoms with Gasteiger partial charge in [0.15, 0.2) is 5.96 Å². The first kappa shape index (κ1) is 12.9. The zero-order chi connectivity index (χ0) is 13.0. The molecule has 1 aromatic rings. The number of aromatic nitrogens is 1. The molecule has 2 N–H and O–H groups in total. The van der Waals surface area contributed by atoms with Gasteiger partial charge in [-0.2, -0.15) is 0 Å². The maximum atomic E-state index is 5.99. The van der Waals surface area contributed by atoms with Crippen LogP contribution in [0.25, 0.3) is 0 Å². The average Bonchev–Trinajstić information content (AvgIpc) is 2.78. The van der Waals surface area contributed by atoms with Crippen molar-refractivity contribution in [3.05, 3.63) is 30.1 Å². The van der Waals surface area contributed by atoms with Crippen molar-refractivity contribution >= 4 is 5.96 Å². The van der Waals surface area contributed by atoms with Crippen molar-refractivity contribution in [3.63, 3.8) is 0 Å². The number of aliphatic imine (C=N–C) groups is 1. The van der Waals surface area contributed by atoms with E-state index in [1.54, 1.807) is 6.20 Å². The summed E-state index contributed by atoms with van der Waals surface area (Å²) in [7, 11) is 0. The lowest BCUT2D eigenvalue weighted by molar-refractivity contribution is 0.259. The molecule has 2 atom stereocenters. The van der Waals surface area contributed by atoms with E-state index in [0.717, 1.165) is 25.9 Å². The maximum Gasteiger partial charge on any atom is 0.191 e. The maximum absolute atomic E-state index is 5.99. The van der Waals surface area contributed by atoms with Crippen LogP contribution in [0.3, 0.4) is 0 Å². The zero-order valence-corrected chi connectivity index (χ0v) is 11.2. The molecular formula is C14H22N4. The third kappa shape index (κ3) is 2.81. The quantitative estimate of drug-likeness (QED) is 0.860. The monoisotopic (exact) mass is 246 g/mol. The molecule has 0 fully saturated rings. The van der Waals surface area contributed by atoms with Crippen LogP contribution in [-0.2, 0) is 6.42 Å². The van der Waals surface area contributed by atoms with Crippen molar-refractivity contribution in [2.24, 2.45) is 16.6 Å². The van der Waals surface area contributed by atoms with E-state index in [9.17, 15) is 0 Å². The predicted molar refractivity (Wildman–Crippen MR) is 74.4 cm³/mol. The molecule has 0 saturated carbocycles. The highest BCUT2D eigenvalue weighted by Gasteiger charge is 2.29. The van der Waals surface area contributed by atoms with Crippen molar-refractivity contribution in [2.45, 2.75) is 32.7 Å². The molecular weight excluding hydrogens is 224 g/mol. The first-order valence-electron chi connectivity index (χ1n) is 6.67. The molecule has 0 aromatic carbocycles. The normalized spacial score (nSPS) is 20.9. The molecule has 2 rings (SSSR count). The number of rotatable bonds is 5. The first-order chi connectivity index (χ1) is 8.72. The summed E-state index contributed by atoms with van der Waals surface area (Å²) in [6, 6.07) is 4.55. The van der Waals surface area contributed by atoms with E-state index in [0.29, 0.717) is 17.9 Å². The van der Waals surface area contributed by atoms with Gasteiger partial charge in [0.2, 0.25) is 0 Å². The van der Waals surface area contributed by atoms with Gasteiger partial charge in [0, 0.05) is 18.9 Å². The number of hydrogen-bond donors (Lipinski definition) is 1. The Morgan fingerprint density at radius 2 is 2.39 bits per heavy atom. The molecule has 98 valence electrons. The molecule has 2 heterocycles. The Morgan fingerprint density at radius 3 is 3.06 bits per heavy atom. The Bertz CT molecular complexity index is 402. The fourth-order valence-corrected chi connectivity index (χ4v) is 2.38. The molecule has 0 aliphatic carbocycles. The van der Waals surface area contributed by atoms with Gasteiger partial charge in [-0.1, -0.05) is 26.3 Å². The van der Waals surface area contributed by atoms with E-state index in [1.165, 1.54) is 5.56 Å². The topological polar surface area (TPSA) is 54.5 Å². The highest BCUT2D eigenvalue weighted by Crippen LogP contribution is 2.19. The van der Waals surface area contributed by atoms with Crippen LogP contribution >= 0.6 is 0 Å². The Balaban J connectivity index is 1.96. The SMILES string of the molecule is CC[C@@H](C)[C@H]1CN=C(N)N1CCc1cccnc1. The summed E-state index contributed by atoms with van der Waals surface area (Å²) in [6.45, 7) is 6.26. The van der Waals surface area contributed by atoms with E-state index < -0.39 is 0 Å². The Morgan fingerprint density at radius 1 is 1.56 bits per heavy atom. The third-order valence-electron chi connectivity index (χ3n) is 3.80. The molecule has 0 unspecified atom stereocenters. The Labute approximate surface area is 109 Å². The minimum Gasteiger partial charge on any atom is -0.370 e. The first-order valence-corrected chi connectivity index (χ1v) is 6.67. The second-order valence-corrected chi connectivity index (χ2v) is 4.96. The second kappa shape index (κ2) is 5.85. The number of nitrogens with two attached hydrogens (primary N) is 1. The molecule has 1 aliphatic rings. The van der Waals surface area contributed by atoms with Gasteiger partial charge >= 0.3 is 0 Å². The highest BCUT2D eigenvalue weighted by molar-refractivity contribution is 5.80. The molecule has 1 aromatic heterocycles. The third-order valence-corrected chi connectivity index (χ3v) is 3.80. The summed E-state index contributed by atoms with van der Waals surface area (Å²) in [5, 5.41) is 0. The molecule has 0 bridgehead atoms. The fraction of sp³-hybridized carbons (Fsp3) is 0.571. The summed E-state index contributed by atoms with van der Waals surface area (Å²) in [6.07, 6.45) is 5.85. The van der Waals surface area contributed by atoms with Gasteiger partial charge < -0.3 is 10.6 Å². The van der Waals surface area contributed by atoms with Crippen LogP contribution in [0.1, 0.15) is 25.8 Å². The molecule has 0 spiro atoms. The lowest BCUT2D eigenvalue weighted by atomic mass is 9.98. The van der Waals surface area contributed by atoms with E-state index in [4.69, 9.17) is 5.73 Å².